The van der Waals surface area contributed by atoms with Gasteiger partial charge < -0.3 is 5.32 Å². The van der Waals surface area contributed by atoms with Gasteiger partial charge in [-0.1, -0.05) is 25.1 Å². The van der Waals surface area contributed by atoms with Crippen molar-refractivity contribution in [2.45, 2.75) is 18.8 Å². The molecule has 1 nitrogen and oxygen atoms in total. The molecule has 1 fully saturated rings. The predicted octanol–water partition coefficient (Wildman–Crippen LogP) is 2.32. The molecule has 0 aliphatic heterocycles. The third kappa shape index (κ3) is 1.44. The molecule has 0 amide bonds. The maximum atomic E-state index is 13.5. The summed E-state index contributed by atoms with van der Waals surface area (Å²) in [7, 11) is 1.94. The zero-order chi connectivity index (χ0) is 10.2. The summed E-state index contributed by atoms with van der Waals surface area (Å²) in [6.45, 7) is 3.12. The molecule has 1 N–H and O–H groups in total. The van der Waals surface area contributed by atoms with Gasteiger partial charge in [0.05, 0.1) is 0 Å². The van der Waals surface area contributed by atoms with E-state index in [4.69, 9.17) is 0 Å². The summed E-state index contributed by atoms with van der Waals surface area (Å²) >= 11 is 0. The Bertz CT molecular complexity index is 337. The monoisotopic (exact) mass is 193 g/mol. The molecule has 1 saturated carbocycles. The van der Waals surface area contributed by atoms with E-state index in [9.17, 15) is 4.39 Å². The highest BCUT2D eigenvalue weighted by Gasteiger charge is 2.51. The summed E-state index contributed by atoms with van der Waals surface area (Å²) < 4.78 is 13.5. The zero-order valence-corrected chi connectivity index (χ0v) is 8.68. The number of nitrogens with one attached hydrogen (secondary N) is 1. The molecule has 2 heteroatoms. The number of hydrogen-bond donors (Lipinski definition) is 1. The van der Waals surface area contributed by atoms with Crippen molar-refractivity contribution in [1.29, 1.82) is 0 Å². The largest absolute Gasteiger partial charge is 0.319 e. The van der Waals surface area contributed by atoms with E-state index >= 15 is 0 Å². The van der Waals surface area contributed by atoms with E-state index in [1.165, 1.54) is 0 Å². The maximum Gasteiger partial charge on any atom is 0.126 e. The smallest absolute Gasteiger partial charge is 0.126 e. The lowest BCUT2D eigenvalue weighted by molar-refractivity contribution is 0.554. The highest BCUT2D eigenvalue weighted by molar-refractivity contribution is 5.33. The predicted molar refractivity (Wildman–Crippen MR) is 55.8 cm³/mol. The molecule has 1 aromatic carbocycles. The summed E-state index contributed by atoms with van der Waals surface area (Å²) in [5, 5.41) is 3.15. The average molecular weight is 193 g/mol. The van der Waals surface area contributed by atoms with Gasteiger partial charge in [0, 0.05) is 0 Å². The van der Waals surface area contributed by atoms with Crippen LogP contribution in [-0.2, 0) is 5.41 Å². The Morgan fingerprint density at radius 3 is 2.86 bits per heavy atom. The molecule has 14 heavy (non-hydrogen) atoms. The Hall–Kier alpha value is -0.890. The van der Waals surface area contributed by atoms with Crippen molar-refractivity contribution < 1.29 is 4.39 Å². The Morgan fingerprint density at radius 2 is 2.21 bits per heavy atom. The SMILES string of the molecule is CNCC1CC1(C)c1ccccc1F. The first-order chi connectivity index (χ1) is 6.68. The minimum atomic E-state index is -0.0615. The number of hydrogen-bond acceptors (Lipinski definition) is 1. The van der Waals surface area contributed by atoms with Crippen molar-refractivity contribution >= 4 is 0 Å². The van der Waals surface area contributed by atoms with Crippen LogP contribution in [0.5, 0.6) is 0 Å². The van der Waals surface area contributed by atoms with Gasteiger partial charge in [0.1, 0.15) is 5.82 Å². The topological polar surface area (TPSA) is 12.0 Å². The van der Waals surface area contributed by atoms with Crippen LogP contribution in [-0.4, -0.2) is 13.6 Å². The van der Waals surface area contributed by atoms with E-state index < -0.39 is 0 Å². The fraction of sp³-hybridized carbons (Fsp3) is 0.500. The van der Waals surface area contributed by atoms with Crippen molar-refractivity contribution in [3.05, 3.63) is 35.6 Å². The Balaban J connectivity index is 2.21. The molecule has 1 aromatic rings. The lowest BCUT2D eigenvalue weighted by atomic mass is 9.95. The Morgan fingerprint density at radius 1 is 1.50 bits per heavy atom. The molecule has 1 aliphatic rings. The molecule has 0 heterocycles. The van der Waals surface area contributed by atoms with Crippen LogP contribution in [0.3, 0.4) is 0 Å². The third-order valence-corrected chi connectivity index (χ3v) is 3.35. The van der Waals surface area contributed by atoms with Crippen LogP contribution in [0.1, 0.15) is 18.9 Å². The van der Waals surface area contributed by atoms with Crippen LogP contribution >= 0.6 is 0 Å². The van der Waals surface area contributed by atoms with Crippen LogP contribution in [0.2, 0.25) is 0 Å². The summed E-state index contributed by atoms with van der Waals surface area (Å²) in [6.07, 6.45) is 1.09. The van der Waals surface area contributed by atoms with Crippen LogP contribution in [0, 0.1) is 11.7 Å². The molecule has 0 saturated heterocycles. The van der Waals surface area contributed by atoms with Crippen molar-refractivity contribution in [3.63, 3.8) is 0 Å². The van der Waals surface area contributed by atoms with Gasteiger partial charge >= 0.3 is 0 Å². The normalized spacial score (nSPS) is 30.4. The van der Waals surface area contributed by atoms with Gasteiger partial charge in [0.2, 0.25) is 0 Å². The first-order valence-corrected chi connectivity index (χ1v) is 5.08. The highest BCUT2D eigenvalue weighted by Crippen LogP contribution is 2.54. The van der Waals surface area contributed by atoms with Gasteiger partial charge in [-0.2, -0.15) is 0 Å². The van der Waals surface area contributed by atoms with E-state index in [-0.39, 0.29) is 11.2 Å². The van der Waals surface area contributed by atoms with E-state index in [1.54, 1.807) is 12.1 Å². The Labute approximate surface area is 84.3 Å². The summed E-state index contributed by atoms with van der Waals surface area (Å²) in [5.74, 6) is 0.526. The fourth-order valence-electron chi connectivity index (χ4n) is 2.25. The second kappa shape index (κ2) is 3.35. The quantitative estimate of drug-likeness (QED) is 0.776. The zero-order valence-electron chi connectivity index (χ0n) is 8.68. The average Bonchev–Trinajstić information content (AvgIpc) is 2.79. The van der Waals surface area contributed by atoms with E-state index in [1.807, 2.05) is 19.2 Å². The van der Waals surface area contributed by atoms with Gasteiger partial charge in [-0.15, -0.1) is 0 Å². The number of benzene rings is 1. The van der Waals surface area contributed by atoms with Crippen molar-refractivity contribution in [2.24, 2.45) is 5.92 Å². The third-order valence-electron chi connectivity index (χ3n) is 3.35. The molecule has 76 valence electrons. The van der Waals surface area contributed by atoms with Crippen LogP contribution in [0.15, 0.2) is 24.3 Å². The van der Waals surface area contributed by atoms with Gasteiger partial charge in [-0.25, -0.2) is 4.39 Å². The fourth-order valence-corrected chi connectivity index (χ4v) is 2.25. The summed E-state index contributed by atoms with van der Waals surface area (Å²) in [6, 6.07) is 7.12. The van der Waals surface area contributed by atoms with Crippen molar-refractivity contribution in [2.75, 3.05) is 13.6 Å². The minimum absolute atomic E-state index is 0.0615. The van der Waals surface area contributed by atoms with E-state index in [2.05, 4.69) is 12.2 Å². The maximum absolute atomic E-state index is 13.5. The number of halogens is 1. The molecule has 1 aliphatic carbocycles. The molecular weight excluding hydrogens is 177 g/mol. The van der Waals surface area contributed by atoms with Gasteiger partial charge in [-0.3, -0.25) is 0 Å². The highest BCUT2D eigenvalue weighted by atomic mass is 19.1. The first kappa shape index (κ1) is 9.66. The van der Waals surface area contributed by atoms with E-state index in [0.717, 1.165) is 18.5 Å². The second-order valence-electron chi connectivity index (χ2n) is 4.36. The molecule has 0 radical (unpaired) electrons. The lowest BCUT2D eigenvalue weighted by Gasteiger charge is -2.12. The summed E-state index contributed by atoms with van der Waals surface area (Å²) in [4.78, 5) is 0. The van der Waals surface area contributed by atoms with Crippen LogP contribution in [0.4, 0.5) is 4.39 Å². The molecule has 2 rings (SSSR count). The van der Waals surface area contributed by atoms with Gasteiger partial charge in [-0.05, 0) is 43.0 Å². The summed E-state index contributed by atoms with van der Waals surface area (Å²) in [5.41, 5.74) is 0.939. The lowest BCUT2D eigenvalue weighted by Crippen LogP contribution is -2.16. The van der Waals surface area contributed by atoms with Crippen LogP contribution in [0.25, 0.3) is 0 Å². The molecule has 0 spiro atoms. The van der Waals surface area contributed by atoms with Crippen molar-refractivity contribution in [3.8, 4) is 0 Å². The molecule has 2 unspecified atom stereocenters. The molecule has 0 bridgehead atoms. The molecule has 2 atom stereocenters. The minimum Gasteiger partial charge on any atom is -0.319 e. The number of rotatable bonds is 3. The standard InChI is InChI=1S/C12H16FN/c1-12(7-9(12)8-14-2)10-5-3-4-6-11(10)13/h3-6,9,14H,7-8H2,1-2H3. The Kier molecular flexibility index (Phi) is 2.31. The van der Waals surface area contributed by atoms with Gasteiger partial charge in [0.25, 0.3) is 0 Å². The van der Waals surface area contributed by atoms with Crippen LogP contribution < -0.4 is 5.32 Å². The van der Waals surface area contributed by atoms with Gasteiger partial charge in [0.15, 0.2) is 0 Å². The second-order valence-corrected chi connectivity index (χ2v) is 4.36. The first-order valence-electron chi connectivity index (χ1n) is 5.08. The molecular formula is C12H16FN. The van der Waals surface area contributed by atoms with Crippen molar-refractivity contribution in [1.82, 2.24) is 5.32 Å². The molecule has 0 aromatic heterocycles. The van der Waals surface area contributed by atoms with E-state index in [0.29, 0.717) is 5.92 Å².